The minimum absolute atomic E-state index is 0.184. The Labute approximate surface area is 112 Å². The van der Waals surface area contributed by atoms with Crippen LogP contribution in [-0.4, -0.2) is 24.0 Å². The molecule has 0 aliphatic heterocycles. The van der Waals surface area contributed by atoms with Crippen molar-refractivity contribution < 1.29 is 4.79 Å². The Morgan fingerprint density at radius 1 is 1.37 bits per heavy atom. The lowest BCUT2D eigenvalue weighted by Gasteiger charge is -2.23. The van der Waals surface area contributed by atoms with E-state index in [4.69, 9.17) is 11.5 Å². The molecule has 4 N–H and O–H groups in total. The Kier molecular flexibility index (Phi) is 3.55. The summed E-state index contributed by atoms with van der Waals surface area (Å²) in [4.78, 5) is 17.6. The Bertz CT molecular complexity index is 624. The minimum Gasteiger partial charge on any atom is -0.399 e. The van der Waals surface area contributed by atoms with Gasteiger partial charge in [0.15, 0.2) is 0 Å². The number of aromatic nitrogens is 1. The number of anilines is 2. The summed E-state index contributed by atoms with van der Waals surface area (Å²) in [6.45, 7) is 4.79. The van der Waals surface area contributed by atoms with Gasteiger partial charge in [-0.1, -0.05) is 0 Å². The number of likely N-dealkylation sites (N-methyl/N-ethyl adjacent to an activating group) is 1. The van der Waals surface area contributed by atoms with Gasteiger partial charge in [-0.25, -0.2) is 0 Å². The van der Waals surface area contributed by atoms with Gasteiger partial charge in [0.05, 0.1) is 12.1 Å². The molecule has 1 aromatic heterocycles. The average Bonchev–Trinajstić information content (AvgIpc) is 2.35. The van der Waals surface area contributed by atoms with E-state index in [2.05, 4.69) is 4.98 Å². The van der Waals surface area contributed by atoms with Crippen LogP contribution in [-0.2, 0) is 4.79 Å². The molecular formula is C14H18N4O. The average molecular weight is 258 g/mol. The number of nitrogen functional groups attached to an aromatic ring is 1. The highest BCUT2D eigenvalue weighted by atomic mass is 16.1. The van der Waals surface area contributed by atoms with E-state index in [0.29, 0.717) is 12.2 Å². The molecule has 1 aromatic carbocycles. The number of aryl methyl sites for hydroxylation is 1. The predicted molar refractivity (Wildman–Crippen MR) is 78.0 cm³/mol. The minimum atomic E-state index is -0.353. The van der Waals surface area contributed by atoms with Crippen LogP contribution in [0.5, 0.6) is 0 Å². The number of carbonyl (C=O) groups is 1. The van der Waals surface area contributed by atoms with E-state index >= 15 is 0 Å². The Balaban J connectivity index is 2.62. The first-order chi connectivity index (χ1) is 9.01. The molecule has 0 radical (unpaired) electrons. The third-order valence-corrected chi connectivity index (χ3v) is 3.01. The van der Waals surface area contributed by atoms with Crippen LogP contribution < -0.4 is 16.4 Å². The van der Waals surface area contributed by atoms with Gasteiger partial charge in [-0.15, -0.1) is 0 Å². The number of nitrogens with zero attached hydrogens (tertiary/aromatic N) is 2. The summed E-state index contributed by atoms with van der Waals surface area (Å²) in [6.07, 6.45) is 0. The van der Waals surface area contributed by atoms with Crippen LogP contribution >= 0.6 is 0 Å². The molecule has 0 atom stereocenters. The van der Waals surface area contributed by atoms with Crippen molar-refractivity contribution in [1.82, 2.24) is 4.98 Å². The van der Waals surface area contributed by atoms with Gasteiger partial charge in [-0.3, -0.25) is 9.78 Å². The van der Waals surface area contributed by atoms with E-state index in [1.54, 1.807) is 0 Å². The summed E-state index contributed by atoms with van der Waals surface area (Å²) >= 11 is 0. The molecule has 5 heteroatoms. The van der Waals surface area contributed by atoms with E-state index in [9.17, 15) is 4.79 Å². The standard InChI is InChI=1S/C14H18N4O/c1-3-18(8-14(16)19)13-6-9(2)17-12-5-4-10(15)7-11(12)13/h4-7H,3,8,15H2,1-2H3,(H2,16,19). The molecule has 0 aliphatic rings. The summed E-state index contributed by atoms with van der Waals surface area (Å²) in [5, 5.41) is 0.939. The number of primary amides is 1. The van der Waals surface area contributed by atoms with E-state index in [0.717, 1.165) is 22.3 Å². The molecule has 0 fully saturated rings. The molecule has 19 heavy (non-hydrogen) atoms. The molecule has 2 rings (SSSR count). The number of pyridine rings is 1. The first-order valence-corrected chi connectivity index (χ1v) is 6.21. The number of rotatable bonds is 4. The fourth-order valence-electron chi connectivity index (χ4n) is 2.17. The third-order valence-electron chi connectivity index (χ3n) is 3.01. The number of nitrogens with two attached hydrogens (primary N) is 2. The van der Waals surface area contributed by atoms with Crippen molar-refractivity contribution in [3.8, 4) is 0 Å². The van der Waals surface area contributed by atoms with Crippen molar-refractivity contribution in [3.63, 3.8) is 0 Å². The molecule has 5 nitrogen and oxygen atoms in total. The van der Waals surface area contributed by atoms with Gasteiger partial charge in [0, 0.05) is 29.0 Å². The Morgan fingerprint density at radius 3 is 2.74 bits per heavy atom. The molecule has 0 spiro atoms. The first kappa shape index (κ1) is 13.1. The maximum Gasteiger partial charge on any atom is 0.236 e. The second-order valence-corrected chi connectivity index (χ2v) is 4.54. The topological polar surface area (TPSA) is 85.2 Å². The van der Waals surface area contributed by atoms with Gasteiger partial charge in [0.25, 0.3) is 0 Å². The lowest BCUT2D eigenvalue weighted by Crippen LogP contribution is -2.33. The van der Waals surface area contributed by atoms with Crippen molar-refractivity contribution in [2.45, 2.75) is 13.8 Å². The van der Waals surface area contributed by atoms with Gasteiger partial charge < -0.3 is 16.4 Å². The van der Waals surface area contributed by atoms with Crippen LogP contribution in [0.1, 0.15) is 12.6 Å². The summed E-state index contributed by atoms with van der Waals surface area (Å²) < 4.78 is 0. The Morgan fingerprint density at radius 2 is 2.11 bits per heavy atom. The lowest BCUT2D eigenvalue weighted by molar-refractivity contribution is -0.116. The van der Waals surface area contributed by atoms with Crippen LogP contribution in [0.2, 0.25) is 0 Å². The number of hydrogen-bond acceptors (Lipinski definition) is 4. The van der Waals surface area contributed by atoms with Crippen molar-refractivity contribution in [2.24, 2.45) is 5.73 Å². The van der Waals surface area contributed by atoms with Gasteiger partial charge in [-0.05, 0) is 38.1 Å². The molecule has 0 saturated heterocycles. The molecule has 1 heterocycles. The van der Waals surface area contributed by atoms with Crippen molar-refractivity contribution in [3.05, 3.63) is 30.0 Å². The molecule has 100 valence electrons. The number of hydrogen-bond donors (Lipinski definition) is 2. The predicted octanol–water partition coefficient (Wildman–Crippen LogP) is 1.44. The number of carbonyl (C=O) groups excluding carboxylic acids is 1. The zero-order valence-corrected chi connectivity index (χ0v) is 11.2. The summed E-state index contributed by atoms with van der Waals surface area (Å²) in [5.74, 6) is -0.353. The molecule has 2 aromatic rings. The number of fused-ring (bicyclic) bond motifs is 1. The largest absolute Gasteiger partial charge is 0.399 e. The summed E-state index contributed by atoms with van der Waals surface area (Å²) in [7, 11) is 0. The molecule has 0 unspecified atom stereocenters. The molecule has 0 aliphatic carbocycles. The molecular weight excluding hydrogens is 240 g/mol. The van der Waals surface area contributed by atoms with E-state index in [-0.39, 0.29) is 12.5 Å². The lowest BCUT2D eigenvalue weighted by atomic mass is 10.1. The van der Waals surface area contributed by atoms with Crippen molar-refractivity contribution in [1.29, 1.82) is 0 Å². The second-order valence-electron chi connectivity index (χ2n) is 4.54. The summed E-state index contributed by atoms with van der Waals surface area (Å²) in [5.41, 5.74) is 14.5. The van der Waals surface area contributed by atoms with Crippen molar-refractivity contribution in [2.75, 3.05) is 23.7 Å². The van der Waals surface area contributed by atoms with Crippen LogP contribution in [0.4, 0.5) is 11.4 Å². The van der Waals surface area contributed by atoms with E-state index in [1.807, 2.05) is 43.0 Å². The Hall–Kier alpha value is -2.30. The quantitative estimate of drug-likeness (QED) is 0.812. The zero-order chi connectivity index (χ0) is 14.0. The molecule has 0 saturated carbocycles. The fourth-order valence-corrected chi connectivity index (χ4v) is 2.17. The SMILES string of the molecule is CCN(CC(N)=O)c1cc(C)nc2ccc(N)cc12. The highest BCUT2D eigenvalue weighted by Crippen LogP contribution is 2.28. The maximum atomic E-state index is 11.2. The van der Waals surface area contributed by atoms with Gasteiger partial charge in [0.2, 0.25) is 5.91 Å². The maximum absolute atomic E-state index is 11.2. The van der Waals surface area contributed by atoms with Crippen LogP contribution in [0.3, 0.4) is 0 Å². The third kappa shape index (κ3) is 2.76. The van der Waals surface area contributed by atoms with E-state index < -0.39 is 0 Å². The second kappa shape index (κ2) is 5.14. The van der Waals surface area contributed by atoms with E-state index in [1.165, 1.54) is 0 Å². The van der Waals surface area contributed by atoms with Gasteiger partial charge >= 0.3 is 0 Å². The number of benzene rings is 1. The zero-order valence-electron chi connectivity index (χ0n) is 11.2. The monoisotopic (exact) mass is 258 g/mol. The number of amides is 1. The summed E-state index contributed by atoms with van der Waals surface area (Å²) in [6, 6.07) is 7.54. The highest BCUT2D eigenvalue weighted by Gasteiger charge is 2.12. The molecule has 1 amide bonds. The highest BCUT2D eigenvalue weighted by molar-refractivity contribution is 5.95. The fraction of sp³-hybridized carbons (Fsp3) is 0.286. The van der Waals surface area contributed by atoms with Gasteiger partial charge in [0.1, 0.15) is 0 Å². The smallest absolute Gasteiger partial charge is 0.236 e. The first-order valence-electron chi connectivity index (χ1n) is 6.21. The van der Waals surface area contributed by atoms with Crippen molar-refractivity contribution >= 4 is 28.2 Å². The normalized spacial score (nSPS) is 10.6. The molecule has 0 bridgehead atoms. The van der Waals surface area contributed by atoms with Gasteiger partial charge in [-0.2, -0.15) is 0 Å². The van der Waals surface area contributed by atoms with Crippen LogP contribution in [0.15, 0.2) is 24.3 Å². The van der Waals surface area contributed by atoms with Crippen LogP contribution in [0, 0.1) is 6.92 Å². The van der Waals surface area contributed by atoms with Crippen LogP contribution in [0.25, 0.3) is 10.9 Å².